The molecule has 39 heavy (non-hydrogen) atoms. The number of nitrogens with one attached hydrogen (secondary N) is 2. The molecule has 0 saturated carbocycles. The Bertz CT molecular complexity index is 1310. The van der Waals surface area contributed by atoms with Crippen molar-refractivity contribution in [1.29, 1.82) is 0 Å². The molecule has 2 aromatic heterocycles. The molecule has 3 aromatic rings. The highest BCUT2D eigenvalue weighted by atomic mass is 16.6. The van der Waals surface area contributed by atoms with Gasteiger partial charge in [0.05, 0.1) is 17.6 Å². The molecule has 4 rings (SSSR count). The van der Waals surface area contributed by atoms with E-state index in [1.807, 2.05) is 19.9 Å². The summed E-state index contributed by atoms with van der Waals surface area (Å²) in [6, 6.07) is 7.76. The number of carbonyl (C=O) groups excluding carboxylic acids is 1. The molecule has 1 aliphatic rings. The molecule has 9 heteroatoms. The number of hydrogen-bond donors (Lipinski definition) is 2. The molecular formula is C30H42N4O5. The number of fused-ring (bicyclic) bond motifs is 1. The fourth-order valence-electron chi connectivity index (χ4n) is 5.13. The van der Waals surface area contributed by atoms with Crippen LogP contribution in [0.3, 0.4) is 0 Å². The van der Waals surface area contributed by atoms with Gasteiger partial charge in [-0.3, -0.25) is 9.59 Å². The predicted molar refractivity (Wildman–Crippen MR) is 152 cm³/mol. The first-order valence-electron chi connectivity index (χ1n) is 13.9. The van der Waals surface area contributed by atoms with Gasteiger partial charge >= 0.3 is 5.97 Å². The maximum atomic E-state index is 12.9. The van der Waals surface area contributed by atoms with Crippen molar-refractivity contribution < 1.29 is 19.0 Å². The molecule has 1 fully saturated rings. The normalized spacial score (nSPS) is 16.1. The Labute approximate surface area is 230 Å². The molecule has 3 heterocycles. The minimum absolute atomic E-state index is 0.0923. The smallest absolute Gasteiger partial charge is 0.323 e. The van der Waals surface area contributed by atoms with Gasteiger partial charge in [0.1, 0.15) is 18.0 Å². The monoisotopic (exact) mass is 538 g/mol. The Morgan fingerprint density at radius 2 is 2.00 bits per heavy atom. The lowest BCUT2D eigenvalue weighted by Gasteiger charge is -2.23. The molecule has 0 amide bonds. The van der Waals surface area contributed by atoms with Gasteiger partial charge in [-0.25, -0.2) is 4.98 Å². The number of pyridine rings is 1. The maximum absolute atomic E-state index is 12.9. The highest BCUT2D eigenvalue weighted by Crippen LogP contribution is 2.28. The third-order valence-corrected chi connectivity index (χ3v) is 7.20. The molecule has 1 saturated heterocycles. The number of H-pyrrole nitrogens is 1. The van der Waals surface area contributed by atoms with Crippen LogP contribution >= 0.6 is 0 Å². The van der Waals surface area contributed by atoms with Crippen molar-refractivity contribution in [2.24, 2.45) is 11.8 Å². The van der Waals surface area contributed by atoms with Crippen molar-refractivity contribution in [3.8, 4) is 11.4 Å². The molecule has 2 N–H and O–H groups in total. The molecule has 212 valence electrons. The summed E-state index contributed by atoms with van der Waals surface area (Å²) in [7, 11) is 1.60. The number of esters is 1. The van der Waals surface area contributed by atoms with E-state index in [-0.39, 0.29) is 17.6 Å². The van der Waals surface area contributed by atoms with E-state index in [0.717, 1.165) is 60.6 Å². The number of benzene rings is 1. The van der Waals surface area contributed by atoms with Gasteiger partial charge in [0.2, 0.25) is 0 Å². The molecule has 2 atom stereocenters. The van der Waals surface area contributed by atoms with E-state index in [9.17, 15) is 9.59 Å². The molecular weight excluding hydrogens is 496 g/mol. The zero-order valence-corrected chi connectivity index (χ0v) is 23.8. The summed E-state index contributed by atoms with van der Waals surface area (Å²) < 4.78 is 18.5. The number of aromatic nitrogens is 3. The van der Waals surface area contributed by atoms with Gasteiger partial charge in [-0.15, -0.1) is 0 Å². The average molecular weight is 539 g/mol. The molecule has 0 radical (unpaired) electrons. The number of aryl methyl sites for hydroxylation is 1. The number of nitrogens with zero attached hydrogens (tertiary/aromatic N) is 2. The van der Waals surface area contributed by atoms with Crippen molar-refractivity contribution in [2.45, 2.75) is 72.2 Å². The molecule has 9 nitrogen and oxygen atoms in total. The number of rotatable bonds is 12. The van der Waals surface area contributed by atoms with Crippen LogP contribution in [0.2, 0.25) is 0 Å². The largest absolute Gasteiger partial charge is 0.459 e. The Hall–Kier alpha value is -3.01. The molecule has 0 spiro atoms. The lowest BCUT2D eigenvalue weighted by molar-refractivity contribution is -0.153. The number of ether oxygens (including phenoxy) is 3. The number of aromatic amines is 1. The topological polar surface area (TPSA) is 107 Å². The van der Waals surface area contributed by atoms with E-state index in [0.29, 0.717) is 37.0 Å². The minimum atomic E-state index is -0.411. The number of imidazole rings is 1. The average Bonchev–Trinajstić information content (AvgIpc) is 3.26. The Balaban J connectivity index is 1.59. The van der Waals surface area contributed by atoms with Gasteiger partial charge in [0.25, 0.3) is 5.56 Å². The Morgan fingerprint density at radius 3 is 2.69 bits per heavy atom. The number of methoxy groups -OCH3 is 1. The van der Waals surface area contributed by atoms with Crippen molar-refractivity contribution in [2.75, 3.05) is 26.9 Å². The van der Waals surface area contributed by atoms with Crippen molar-refractivity contribution in [3.05, 3.63) is 51.9 Å². The summed E-state index contributed by atoms with van der Waals surface area (Å²) in [4.78, 5) is 32.7. The third kappa shape index (κ3) is 7.56. The Morgan fingerprint density at radius 1 is 1.23 bits per heavy atom. The van der Waals surface area contributed by atoms with Crippen molar-refractivity contribution in [1.82, 2.24) is 19.9 Å². The minimum Gasteiger partial charge on any atom is -0.459 e. The first-order valence-corrected chi connectivity index (χ1v) is 13.9. The first-order chi connectivity index (χ1) is 18.7. The third-order valence-electron chi connectivity index (χ3n) is 7.20. The van der Waals surface area contributed by atoms with E-state index in [1.54, 1.807) is 13.3 Å². The van der Waals surface area contributed by atoms with E-state index < -0.39 is 6.04 Å². The van der Waals surface area contributed by atoms with Gasteiger partial charge in [-0.1, -0.05) is 19.9 Å². The fraction of sp³-hybridized carbons (Fsp3) is 0.567. The summed E-state index contributed by atoms with van der Waals surface area (Å²) in [5.74, 6) is 1.42. The molecule has 0 aliphatic carbocycles. The van der Waals surface area contributed by atoms with E-state index in [1.165, 1.54) is 0 Å². The summed E-state index contributed by atoms with van der Waals surface area (Å²) in [5, 5.41) is 3.41. The van der Waals surface area contributed by atoms with Crippen LogP contribution in [0.15, 0.2) is 35.3 Å². The highest BCUT2D eigenvalue weighted by molar-refractivity contribution is 5.81. The standard InChI is InChI=1S/C30H42N4O5/c1-19(2)12-26(30(36)39-21(4)18-37-5)31-15-23-6-7-27-25(14-23)33-28(24-13-20(3)29(35)32-16-24)34(27)17-22-8-10-38-11-9-22/h6-7,13-14,16,19,21-22,26,31H,8-12,15,17-18H2,1-5H3,(H,32,35). The Kier molecular flexibility index (Phi) is 9.94. The number of hydrogen-bond acceptors (Lipinski definition) is 7. The summed E-state index contributed by atoms with van der Waals surface area (Å²) in [6.45, 7) is 11.1. The van der Waals surface area contributed by atoms with Gasteiger partial charge in [0, 0.05) is 50.7 Å². The van der Waals surface area contributed by atoms with Crippen molar-refractivity contribution >= 4 is 17.0 Å². The second kappa shape index (κ2) is 13.4. The van der Waals surface area contributed by atoms with Gasteiger partial charge < -0.3 is 29.1 Å². The second-order valence-electron chi connectivity index (χ2n) is 11.1. The van der Waals surface area contributed by atoms with Crippen LogP contribution in [0.25, 0.3) is 22.4 Å². The van der Waals surface area contributed by atoms with E-state index in [4.69, 9.17) is 19.2 Å². The van der Waals surface area contributed by atoms with Crippen LogP contribution in [0, 0.1) is 18.8 Å². The van der Waals surface area contributed by atoms with E-state index >= 15 is 0 Å². The van der Waals surface area contributed by atoms with Crippen molar-refractivity contribution in [3.63, 3.8) is 0 Å². The van der Waals surface area contributed by atoms with Crippen LogP contribution in [0.4, 0.5) is 0 Å². The number of carbonyl (C=O) groups is 1. The quantitative estimate of drug-likeness (QED) is 0.333. The first kappa shape index (κ1) is 29.0. The molecule has 2 unspecified atom stereocenters. The predicted octanol–water partition coefficient (Wildman–Crippen LogP) is 4.21. The van der Waals surface area contributed by atoms with Crippen LogP contribution in [-0.4, -0.2) is 59.6 Å². The van der Waals surface area contributed by atoms with Crippen LogP contribution in [-0.2, 0) is 32.1 Å². The molecule has 1 aromatic carbocycles. The molecule has 1 aliphatic heterocycles. The zero-order valence-electron chi connectivity index (χ0n) is 23.8. The lowest BCUT2D eigenvalue weighted by atomic mass is 10.00. The van der Waals surface area contributed by atoms with Gasteiger partial charge in [0.15, 0.2) is 0 Å². The van der Waals surface area contributed by atoms with Gasteiger partial charge in [-0.05, 0) is 68.7 Å². The van der Waals surface area contributed by atoms with Crippen LogP contribution in [0.1, 0.15) is 51.2 Å². The summed E-state index contributed by atoms with van der Waals surface area (Å²) >= 11 is 0. The second-order valence-corrected chi connectivity index (χ2v) is 11.1. The molecule has 0 bridgehead atoms. The zero-order chi connectivity index (χ0) is 27.9. The lowest BCUT2D eigenvalue weighted by Crippen LogP contribution is -2.40. The fourth-order valence-corrected chi connectivity index (χ4v) is 5.13. The summed E-state index contributed by atoms with van der Waals surface area (Å²) in [5.41, 5.74) is 4.43. The van der Waals surface area contributed by atoms with Gasteiger partial charge in [-0.2, -0.15) is 0 Å². The van der Waals surface area contributed by atoms with E-state index in [2.05, 4.69) is 46.9 Å². The van der Waals surface area contributed by atoms with Crippen LogP contribution in [0.5, 0.6) is 0 Å². The SMILES string of the molecule is COCC(C)OC(=O)C(CC(C)C)NCc1ccc2c(c1)nc(-c1c[nH]c(=O)c(C)c1)n2CC1CCOCC1. The summed E-state index contributed by atoms with van der Waals surface area (Å²) in [6.07, 6.45) is 4.15. The maximum Gasteiger partial charge on any atom is 0.323 e. The highest BCUT2D eigenvalue weighted by Gasteiger charge is 2.24. The van der Waals surface area contributed by atoms with Crippen LogP contribution < -0.4 is 10.9 Å².